The minimum atomic E-state index is -0.850. The lowest BCUT2D eigenvalue weighted by atomic mass is 10.0. The van der Waals surface area contributed by atoms with Gasteiger partial charge in [0.05, 0.1) is 6.42 Å². The number of carbonyl (C=O) groups is 3. The van der Waals surface area contributed by atoms with Crippen LogP contribution in [0.25, 0.3) is 11.1 Å². The highest BCUT2D eigenvalue weighted by molar-refractivity contribution is 6.01. The molecule has 0 aromatic heterocycles. The summed E-state index contributed by atoms with van der Waals surface area (Å²) >= 11 is 0. The molecular formula is C19H18N2O4. The monoisotopic (exact) mass is 338 g/mol. The summed E-state index contributed by atoms with van der Waals surface area (Å²) in [6, 6.07) is 14.6. The number of benzene rings is 2. The largest absolute Gasteiger partial charge is 0.481 e. The summed E-state index contributed by atoms with van der Waals surface area (Å²) in [6.07, 6.45) is 0.830. The predicted octanol–water partition coefficient (Wildman–Crippen LogP) is 2.20. The van der Waals surface area contributed by atoms with E-state index in [4.69, 9.17) is 5.11 Å². The van der Waals surface area contributed by atoms with Gasteiger partial charge in [-0.15, -0.1) is 0 Å². The maximum atomic E-state index is 11.8. The second kappa shape index (κ2) is 7.17. The number of aliphatic carboxylic acids is 1. The van der Waals surface area contributed by atoms with Crippen LogP contribution in [-0.4, -0.2) is 28.9 Å². The molecule has 2 aromatic carbocycles. The van der Waals surface area contributed by atoms with Crippen molar-refractivity contribution in [1.82, 2.24) is 5.32 Å². The number of nitrogens with one attached hydrogen (secondary N) is 2. The summed E-state index contributed by atoms with van der Waals surface area (Å²) in [5.41, 5.74) is 3.55. The molecule has 3 rings (SSSR count). The molecule has 1 heterocycles. The van der Waals surface area contributed by atoms with E-state index in [2.05, 4.69) is 10.6 Å². The second-order valence-electron chi connectivity index (χ2n) is 5.99. The first-order chi connectivity index (χ1) is 12.0. The van der Waals surface area contributed by atoms with Gasteiger partial charge in [-0.25, -0.2) is 0 Å². The van der Waals surface area contributed by atoms with Crippen molar-refractivity contribution in [3.8, 4) is 11.1 Å². The van der Waals surface area contributed by atoms with Crippen LogP contribution in [0.3, 0.4) is 0 Å². The van der Waals surface area contributed by atoms with Crippen molar-refractivity contribution in [2.24, 2.45) is 0 Å². The Labute approximate surface area is 144 Å². The van der Waals surface area contributed by atoms with Gasteiger partial charge in [0.15, 0.2) is 0 Å². The molecule has 6 heteroatoms. The zero-order valence-corrected chi connectivity index (χ0v) is 13.5. The molecule has 0 saturated carbocycles. The third-order valence-corrected chi connectivity index (χ3v) is 4.11. The molecule has 1 fully saturated rings. The quantitative estimate of drug-likeness (QED) is 0.727. The lowest BCUT2D eigenvalue weighted by molar-refractivity contribution is -0.136. The summed E-state index contributed by atoms with van der Waals surface area (Å²) in [4.78, 5) is 33.6. The Morgan fingerprint density at radius 3 is 2.20 bits per heavy atom. The molecule has 1 unspecified atom stereocenters. The van der Waals surface area contributed by atoms with Crippen molar-refractivity contribution >= 4 is 23.5 Å². The number of piperidine rings is 1. The zero-order chi connectivity index (χ0) is 17.8. The van der Waals surface area contributed by atoms with Crippen LogP contribution >= 0.6 is 0 Å². The van der Waals surface area contributed by atoms with Gasteiger partial charge in [0.1, 0.15) is 6.04 Å². The lowest BCUT2D eigenvalue weighted by Crippen LogP contribution is -2.47. The number of imide groups is 1. The molecule has 3 N–H and O–H groups in total. The Hall–Kier alpha value is -3.15. The standard InChI is InChI=1S/C19H18N2O4/c22-17-10-9-16(19(25)21-17)20-15-7-5-14(6-8-15)13-3-1-12(2-4-13)11-18(23)24/h1-8,16,20H,9-11H2,(H,23,24)(H,21,22,25). The van der Waals surface area contributed by atoms with Gasteiger partial charge in [-0.1, -0.05) is 36.4 Å². The fourth-order valence-electron chi connectivity index (χ4n) is 2.78. The zero-order valence-electron chi connectivity index (χ0n) is 13.5. The average molecular weight is 338 g/mol. The topological polar surface area (TPSA) is 95.5 Å². The van der Waals surface area contributed by atoms with E-state index in [0.29, 0.717) is 12.8 Å². The molecule has 0 spiro atoms. The van der Waals surface area contributed by atoms with Gasteiger partial charge >= 0.3 is 5.97 Å². The van der Waals surface area contributed by atoms with Crippen LogP contribution < -0.4 is 10.6 Å². The van der Waals surface area contributed by atoms with Crippen molar-refractivity contribution in [3.05, 3.63) is 54.1 Å². The minimum Gasteiger partial charge on any atom is -0.481 e. The maximum Gasteiger partial charge on any atom is 0.307 e. The van der Waals surface area contributed by atoms with E-state index in [9.17, 15) is 14.4 Å². The Kier molecular flexibility index (Phi) is 4.79. The summed E-state index contributed by atoms with van der Waals surface area (Å²) in [7, 11) is 0. The van der Waals surface area contributed by atoms with Gasteiger partial charge in [0.2, 0.25) is 11.8 Å². The molecule has 0 radical (unpaired) electrons. The molecule has 128 valence electrons. The lowest BCUT2D eigenvalue weighted by Gasteiger charge is -2.22. The number of rotatable bonds is 5. The number of carboxylic acid groups (broad SMARTS) is 1. The first kappa shape index (κ1) is 16.7. The smallest absolute Gasteiger partial charge is 0.307 e. The van der Waals surface area contributed by atoms with Crippen LogP contribution in [0.1, 0.15) is 18.4 Å². The van der Waals surface area contributed by atoms with E-state index in [1.807, 2.05) is 36.4 Å². The molecule has 2 amide bonds. The Morgan fingerprint density at radius 2 is 1.64 bits per heavy atom. The van der Waals surface area contributed by atoms with Crippen LogP contribution in [0, 0.1) is 0 Å². The van der Waals surface area contributed by atoms with Crippen LogP contribution in [0.2, 0.25) is 0 Å². The van der Waals surface area contributed by atoms with Crippen molar-refractivity contribution in [2.45, 2.75) is 25.3 Å². The van der Waals surface area contributed by atoms with Crippen molar-refractivity contribution in [1.29, 1.82) is 0 Å². The first-order valence-corrected chi connectivity index (χ1v) is 8.02. The van der Waals surface area contributed by atoms with E-state index in [0.717, 1.165) is 22.4 Å². The third kappa shape index (κ3) is 4.23. The van der Waals surface area contributed by atoms with E-state index >= 15 is 0 Å². The highest BCUT2D eigenvalue weighted by Crippen LogP contribution is 2.23. The fraction of sp³-hybridized carbons (Fsp3) is 0.211. The molecular weight excluding hydrogens is 320 g/mol. The van der Waals surface area contributed by atoms with Crippen LogP contribution in [0.15, 0.2) is 48.5 Å². The second-order valence-corrected chi connectivity index (χ2v) is 5.99. The van der Waals surface area contributed by atoms with Gasteiger partial charge in [-0.05, 0) is 35.2 Å². The van der Waals surface area contributed by atoms with Crippen molar-refractivity contribution < 1.29 is 19.5 Å². The number of hydrogen-bond donors (Lipinski definition) is 3. The first-order valence-electron chi connectivity index (χ1n) is 8.02. The van der Waals surface area contributed by atoms with E-state index in [-0.39, 0.29) is 18.2 Å². The Morgan fingerprint density at radius 1 is 1.04 bits per heavy atom. The highest BCUT2D eigenvalue weighted by Gasteiger charge is 2.26. The molecule has 2 aromatic rings. The third-order valence-electron chi connectivity index (χ3n) is 4.11. The number of anilines is 1. The molecule has 1 saturated heterocycles. The fourth-order valence-corrected chi connectivity index (χ4v) is 2.78. The van der Waals surface area contributed by atoms with Crippen molar-refractivity contribution in [2.75, 3.05) is 5.32 Å². The summed E-state index contributed by atoms with van der Waals surface area (Å²) in [5.74, 6) is -1.38. The van der Waals surface area contributed by atoms with Crippen LogP contribution in [0.4, 0.5) is 5.69 Å². The molecule has 1 atom stereocenters. The SMILES string of the molecule is O=C(O)Cc1ccc(-c2ccc(NC3CCC(=O)NC3=O)cc2)cc1. The number of amides is 2. The van der Waals surface area contributed by atoms with Crippen molar-refractivity contribution in [3.63, 3.8) is 0 Å². The number of hydrogen-bond acceptors (Lipinski definition) is 4. The molecule has 1 aliphatic rings. The van der Waals surface area contributed by atoms with Crippen LogP contribution in [-0.2, 0) is 20.8 Å². The van der Waals surface area contributed by atoms with Gasteiger partial charge in [0, 0.05) is 12.1 Å². The Balaban J connectivity index is 1.66. The highest BCUT2D eigenvalue weighted by atomic mass is 16.4. The maximum absolute atomic E-state index is 11.8. The van der Waals surface area contributed by atoms with Gasteiger partial charge < -0.3 is 10.4 Å². The van der Waals surface area contributed by atoms with Gasteiger partial charge in [-0.3, -0.25) is 19.7 Å². The number of carbonyl (C=O) groups excluding carboxylic acids is 2. The summed E-state index contributed by atoms with van der Waals surface area (Å²) < 4.78 is 0. The van der Waals surface area contributed by atoms with E-state index in [1.165, 1.54) is 0 Å². The normalized spacial score (nSPS) is 17.0. The van der Waals surface area contributed by atoms with Gasteiger partial charge in [-0.2, -0.15) is 0 Å². The minimum absolute atomic E-state index is 0.00902. The summed E-state index contributed by atoms with van der Waals surface area (Å²) in [6.45, 7) is 0. The van der Waals surface area contributed by atoms with Crippen LogP contribution in [0.5, 0.6) is 0 Å². The van der Waals surface area contributed by atoms with E-state index < -0.39 is 12.0 Å². The molecule has 0 bridgehead atoms. The molecule has 0 aliphatic carbocycles. The number of carboxylic acids is 1. The molecule has 25 heavy (non-hydrogen) atoms. The molecule has 1 aliphatic heterocycles. The summed E-state index contributed by atoms with van der Waals surface area (Å²) in [5, 5.41) is 14.3. The average Bonchev–Trinajstić information content (AvgIpc) is 2.58. The van der Waals surface area contributed by atoms with E-state index in [1.54, 1.807) is 12.1 Å². The Bertz CT molecular complexity index is 797. The van der Waals surface area contributed by atoms with Gasteiger partial charge in [0.25, 0.3) is 0 Å². The predicted molar refractivity (Wildman–Crippen MR) is 93.0 cm³/mol. The molecule has 6 nitrogen and oxygen atoms in total.